The maximum Gasteiger partial charge on any atom is 0.329 e. The van der Waals surface area contributed by atoms with Gasteiger partial charge in [0.1, 0.15) is 0 Å². The molecule has 0 spiro atoms. The third kappa shape index (κ3) is 16.2. The first kappa shape index (κ1) is 73.3. The molecule has 0 amide bonds. The lowest BCUT2D eigenvalue weighted by Gasteiger charge is -2.36. The smallest absolute Gasteiger partial charge is 0.329 e. The number of imidazole rings is 3. The number of hydrogen-bond acceptors (Lipinski definition) is 13. The monoisotopic (exact) mass is 1410 g/mol. The Kier molecular flexibility index (Phi) is 22.8. The lowest BCUT2D eigenvalue weighted by atomic mass is 10.2. The number of aryl methyl sites for hydroxylation is 3. The number of unbranched alkanes of at least 4 members (excludes halogenated alkanes) is 3. The number of pyridine rings is 6. The molecule has 0 radical (unpaired) electrons. The summed E-state index contributed by atoms with van der Waals surface area (Å²) in [6, 6.07) is 19.3. The number of aromatic nitrogens is 15. The van der Waals surface area contributed by atoms with Gasteiger partial charge in [-0.25, -0.2) is 14.4 Å². The lowest BCUT2D eigenvalue weighted by Crippen LogP contribution is -2.40. The van der Waals surface area contributed by atoms with Gasteiger partial charge in [0.05, 0.1) is 87.9 Å². The van der Waals surface area contributed by atoms with Crippen molar-refractivity contribution < 1.29 is 19.1 Å². The third-order valence-electron chi connectivity index (χ3n) is 20.8. The summed E-state index contributed by atoms with van der Waals surface area (Å²) in [6.45, 7) is 28.4. The summed E-state index contributed by atoms with van der Waals surface area (Å²) in [4.78, 5) is 66.2. The third-order valence-corrected chi connectivity index (χ3v) is 29.9. The van der Waals surface area contributed by atoms with Crippen LogP contribution in [0.1, 0.15) is 154 Å². The Morgan fingerprint density at radius 1 is 0.440 bits per heavy atom. The summed E-state index contributed by atoms with van der Waals surface area (Å²) in [5.74, 6) is 0. The molecule has 12 aromatic rings. The van der Waals surface area contributed by atoms with Crippen molar-refractivity contribution in [2.45, 2.75) is 212 Å². The number of nitrogens with zero attached hydrogens (tertiary/aromatic N) is 14. The largest absolute Gasteiger partial charge is 0.417 e. The minimum absolute atomic E-state index is 0. The van der Waals surface area contributed by atoms with Crippen LogP contribution in [0.3, 0.4) is 0 Å². The van der Waals surface area contributed by atoms with E-state index in [2.05, 4.69) is 135 Å². The van der Waals surface area contributed by atoms with Crippen molar-refractivity contribution in [3.05, 3.63) is 177 Å². The van der Waals surface area contributed by atoms with Gasteiger partial charge in [0.15, 0.2) is 16.6 Å². The number of aliphatic hydroxyl groups excluding tert-OH is 2. The van der Waals surface area contributed by atoms with Gasteiger partial charge in [-0.2, -0.15) is 9.90 Å². The van der Waals surface area contributed by atoms with Gasteiger partial charge in [0.25, 0.3) is 0 Å². The molecule has 3 N–H and O–H groups in total. The zero-order valence-corrected chi connectivity index (χ0v) is 63.5. The van der Waals surface area contributed by atoms with Crippen LogP contribution in [0.2, 0.25) is 36.3 Å². The van der Waals surface area contributed by atoms with Gasteiger partial charge in [-0.15, -0.1) is 0 Å². The number of aromatic amines is 1. The van der Waals surface area contributed by atoms with Gasteiger partial charge in [-0.1, -0.05) is 41.5 Å². The standard InChI is InChI=1S/C27H37N5O2Si.C21H23N5O2.C18H30N2O2Si.C9H9N3O.H3P/c1-27(2,3)35(4,5)34-15-7-6-14-30-22(16-20-17-28-12-10-23(20)30)19-31-25-18-29-13-11-24(25)32(26(31)33)21-8-9-21;27-10-2-1-9-24-17(11-15-12-22-7-5-18(15)24)14-25-20-13-23-8-6-19(20)26(21(25)28)16-3-4-16;1-18(2,3)23(4,5)22-11-7-6-10-20-16(14-21)12-15-13-19-9-8-17(15)20;13-9-11-7-5-10-4-3-8(7)12(9)6-1-2-6;/h10-13,16-18,21H,6-9,14-15,19H2,1-5H3;5-8,11-13,16,27H,1-4,9-10,14H2;8-9,12-13,21H,6-7,10-11,14H2,1-5H3;3-6H,1-2H2,(H,11,13);1H3. The van der Waals surface area contributed by atoms with Gasteiger partial charge >= 0.3 is 17.1 Å². The van der Waals surface area contributed by atoms with E-state index in [9.17, 15) is 19.5 Å². The Morgan fingerprint density at radius 3 is 1.18 bits per heavy atom. The number of fused-ring (bicyclic) bond motifs is 6. The van der Waals surface area contributed by atoms with Crippen LogP contribution in [0.25, 0.3) is 65.8 Å². The van der Waals surface area contributed by atoms with Crippen LogP contribution < -0.4 is 17.1 Å². The highest BCUT2D eigenvalue weighted by Gasteiger charge is 2.38. The summed E-state index contributed by atoms with van der Waals surface area (Å²) in [5, 5.41) is 22.5. The molecule has 15 rings (SSSR count). The van der Waals surface area contributed by atoms with Crippen LogP contribution in [-0.4, -0.2) is 118 Å². The van der Waals surface area contributed by atoms with E-state index >= 15 is 0 Å². The van der Waals surface area contributed by atoms with Crippen LogP contribution >= 0.6 is 9.90 Å². The second kappa shape index (κ2) is 31.1. The first-order chi connectivity index (χ1) is 47.6. The Bertz CT molecular complexity index is 4950. The van der Waals surface area contributed by atoms with Crippen LogP contribution in [0.15, 0.2) is 143 Å². The van der Waals surface area contributed by atoms with Gasteiger partial charge in [0, 0.05) is 147 Å². The molecule has 532 valence electrons. The summed E-state index contributed by atoms with van der Waals surface area (Å²) in [6.07, 6.45) is 33.9. The fourth-order valence-electron chi connectivity index (χ4n) is 12.8. The minimum Gasteiger partial charge on any atom is -0.417 e. The highest BCUT2D eigenvalue weighted by molar-refractivity contribution is 6.92. The molecule has 3 saturated carbocycles. The van der Waals surface area contributed by atoms with Crippen molar-refractivity contribution in [1.29, 1.82) is 0 Å². The molecule has 12 heterocycles. The number of nitrogens with one attached hydrogen (secondary N) is 1. The summed E-state index contributed by atoms with van der Waals surface area (Å²) < 4.78 is 28.9. The fraction of sp³-hybridized carbons (Fsp3) is 0.480. The van der Waals surface area contributed by atoms with Gasteiger partial charge in [-0.05, 0) is 168 Å². The van der Waals surface area contributed by atoms with E-state index in [1.165, 1.54) is 0 Å². The Morgan fingerprint density at radius 2 is 0.790 bits per heavy atom. The molecular formula is C75H102N15O7PSi2. The highest BCUT2D eigenvalue weighted by Crippen LogP contribution is 2.40. The SMILES string of the molecule is CC(C)(C)[Si](C)(C)OCCCCn1c(CO)cc2cnccc21.CC(C)(C)[Si](C)(C)OCCCCn1c(Cn2c(=O)n(C3CC3)c3ccncc32)cc2cnccc21.O=c1[nH]c2cnccc2n1C1CC1.O=c1n(Cc2cc3cnccc3n2CCCCO)c2cnccc2n1C1CC1.P. The Labute approximate surface area is 589 Å². The molecule has 12 aromatic heterocycles. The van der Waals surface area contributed by atoms with Gasteiger partial charge in [-0.3, -0.25) is 52.7 Å². The zero-order chi connectivity index (χ0) is 69.8. The van der Waals surface area contributed by atoms with Crippen molar-refractivity contribution in [1.82, 2.24) is 71.4 Å². The molecule has 0 saturated heterocycles. The van der Waals surface area contributed by atoms with E-state index in [-0.39, 0.29) is 50.3 Å². The number of rotatable bonds is 24. The molecule has 3 aliphatic carbocycles. The molecule has 25 heteroatoms. The van der Waals surface area contributed by atoms with E-state index in [1.807, 2.05) is 90.2 Å². The Balaban J connectivity index is 0.000000140. The number of hydrogen-bond donors (Lipinski definition) is 3. The first-order valence-electron chi connectivity index (χ1n) is 35.5. The fourth-order valence-corrected chi connectivity index (χ4v) is 15.0. The quantitative estimate of drug-likeness (QED) is 0.0290. The van der Waals surface area contributed by atoms with Crippen LogP contribution in [0.5, 0.6) is 0 Å². The molecule has 0 bridgehead atoms. The normalized spacial score (nSPS) is 14.4. The van der Waals surface area contributed by atoms with E-state index in [0.29, 0.717) is 31.2 Å². The maximum atomic E-state index is 13.4. The van der Waals surface area contributed by atoms with Crippen LogP contribution in [0, 0.1) is 0 Å². The molecule has 1 atom stereocenters. The molecule has 0 aliphatic heterocycles. The highest BCUT2D eigenvalue weighted by atomic mass is 31.0. The van der Waals surface area contributed by atoms with Crippen molar-refractivity contribution in [2.75, 3.05) is 19.8 Å². The Hall–Kier alpha value is -7.97. The second-order valence-electron chi connectivity index (χ2n) is 30.0. The van der Waals surface area contributed by atoms with Gasteiger partial charge in [0.2, 0.25) is 0 Å². The van der Waals surface area contributed by atoms with Crippen LogP contribution in [0.4, 0.5) is 0 Å². The molecule has 1 unspecified atom stereocenters. The zero-order valence-electron chi connectivity index (χ0n) is 60.1. The minimum atomic E-state index is -1.72. The maximum absolute atomic E-state index is 13.4. The molecule has 3 fully saturated rings. The lowest BCUT2D eigenvalue weighted by molar-refractivity contribution is 0.265. The average Bonchev–Trinajstić information content (AvgIpc) is 1.60. The number of aliphatic hydroxyl groups is 2. The molecule has 0 aromatic carbocycles. The average molecular weight is 1410 g/mol. The van der Waals surface area contributed by atoms with Crippen molar-refractivity contribution in [2.24, 2.45) is 0 Å². The molecule has 3 aliphatic rings. The van der Waals surface area contributed by atoms with E-state index in [1.54, 1.807) is 43.4 Å². The summed E-state index contributed by atoms with van der Waals surface area (Å²) in [5.41, 5.74) is 12.2. The van der Waals surface area contributed by atoms with Crippen molar-refractivity contribution in [3.8, 4) is 0 Å². The predicted molar refractivity (Wildman–Crippen MR) is 409 cm³/mol. The molecule has 100 heavy (non-hydrogen) atoms. The second-order valence-corrected chi connectivity index (χ2v) is 39.6. The van der Waals surface area contributed by atoms with Crippen molar-refractivity contribution >= 4 is 92.3 Å². The van der Waals surface area contributed by atoms with E-state index in [0.717, 1.165) is 193 Å². The predicted octanol–water partition coefficient (Wildman–Crippen LogP) is 13.9. The first-order valence-corrected chi connectivity index (χ1v) is 41.3. The number of H-pyrrole nitrogens is 1. The van der Waals surface area contributed by atoms with E-state index in [4.69, 9.17) is 14.0 Å². The molecule has 22 nitrogen and oxygen atoms in total. The van der Waals surface area contributed by atoms with E-state index < -0.39 is 16.6 Å². The van der Waals surface area contributed by atoms with Crippen molar-refractivity contribution in [3.63, 3.8) is 0 Å². The van der Waals surface area contributed by atoms with Crippen LogP contribution in [-0.2, 0) is 48.2 Å². The topological polar surface area (TPSA) is 243 Å². The summed E-state index contributed by atoms with van der Waals surface area (Å²) in [7, 11) is -3.36. The summed E-state index contributed by atoms with van der Waals surface area (Å²) >= 11 is 0. The van der Waals surface area contributed by atoms with Gasteiger partial charge < -0.3 is 37.8 Å². The molecular weight excluding hydrogens is 1310 g/mol.